The lowest BCUT2D eigenvalue weighted by Gasteiger charge is -2.08. The van der Waals surface area contributed by atoms with E-state index >= 15 is 0 Å². The molecule has 0 atom stereocenters. The summed E-state index contributed by atoms with van der Waals surface area (Å²) >= 11 is 7.14. The van der Waals surface area contributed by atoms with Crippen LogP contribution in [0.3, 0.4) is 0 Å². The van der Waals surface area contributed by atoms with Crippen molar-refractivity contribution >= 4 is 51.6 Å². The lowest BCUT2D eigenvalue weighted by atomic mass is 10.0. The highest BCUT2D eigenvalue weighted by Gasteiger charge is 2.22. The van der Waals surface area contributed by atoms with Gasteiger partial charge in [0.05, 0.1) is 11.5 Å². The molecule has 0 aliphatic rings. The predicted octanol–water partition coefficient (Wildman–Crippen LogP) is 5.81. The molecule has 1 heterocycles. The summed E-state index contributed by atoms with van der Waals surface area (Å²) in [5, 5.41) is 16.2. The van der Waals surface area contributed by atoms with Gasteiger partial charge in [0.15, 0.2) is 0 Å². The second kappa shape index (κ2) is 10.0. The number of nitrogens with one attached hydrogen (secondary N) is 1. The SMILES string of the molecule is CCOC(=O)c1c(-c2ccc(Cl)cc2)csc1NC(=O)/C=C/c1cccc([N+](=O)[O-])c1. The molecule has 158 valence electrons. The van der Waals surface area contributed by atoms with Gasteiger partial charge in [0.25, 0.3) is 5.69 Å². The number of esters is 1. The summed E-state index contributed by atoms with van der Waals surface area (Å²) in [6.45, 7) is 1.89. The maximum Gasteiger partial charge on any atom is 0.341 e. The quantitative estimate of drug-likeness (QED) is 0.209. The van der Waals surface area contributed by atoms with Crippen LogP contribution in [0.15, 0.2) is 60.0 Å². The number of hydrogen-bond donors (Lipinski definition) is 1. The van der Waals surface area contributed by atoms with Gasteiger partial charge in [-0.05, 0) is 36.3 Å². The fourth-order valence-corrected chi connectivity index (χ4v) is 3.85. The highest BCUT2D eigenvalue weighted by atomic mass is 35.5. The first-order valence-electron chi connectivity index (χ1n) is 9.17. The molecule has 0 aliphatic carbocycles. The van der Waals surface area contributed by atoms with E-state index < -0.39 is 16.8 Å². The topological polar surface area (TPSA) is 98.5 Å². The molecular formula is C22H17ClN2O5S. The van der Waals surface area contributed by atoms with Crippen molar-refractivity contribution in [3.63, 3.8) is 0 Å². The molecule has 0 unspecified atom stereocenters. The third-order valence-corrected chi connectivity index (χ3v) is 5.32. The highest BCUT2D eigenvalue weighted by Crippen LogP contribution is 2.36. The van der Waals surface area contributed by atoms with E-state index in [2.05, 4.69) is 5.32 Å². The smallest absolute Gasteiger partial charge is 0.341 e. The zero-order chi connectivity index (χ0) is 22.4. The minimum Gasteiger partial charge on any atom is -0.462 e. The van der Waals surface area contributed by atoms with Crippen LogP contribution in [-0.4, -0.2) is 23.4 Å². The summed E-state index contributed by atoms with van der Waals surface area (Å²) in [4.78, 5) is 35.4. The van der Waals surface area contributed by atoms with Crippen LogP contribution in [0.1, 0.15) is 22.8 Å². The van der Waals surface area contributed by atoms with E-state index in [0.29, 0.717) is 21.2 Å². The molecular weight excluding hydrogens is 440 g/mol. The lowest BCUT2D eigenvalue weighted by molar-refractivity contribution is -0.384. The van der Waals surface area contributed by atoms with Crippen LogP contribution in [0.2, 0.25) is 5.02 Å². The number of benzene rings is 2. The van der Waals surface area contributed by atoms with Crippen molar-refractivity contribution in [1.82, 2.24) is 0 Å². The Morgan fingerprint density at radius 3 is 2.65 bits per heavy atom. The number of thiophene rings is 1. The summed E-state index contributed by atoms with van der Waals surface area (Å²) in [5.74, 6) is -1.03. The Morgan fingerprint density at radius 1 is 1.23 bits per heavy atom. The average Bonchev–Trinajstić information content (AvgIpc) is 3.16. The number of rotatable bonds is 7. The number of carbonyl (C=O) groups is 2. The molecule has 1 aromatic heterocycles. The molecule has 2 aromatic carbocycles. The van der Waals surface area contributed by atoms with Crippen LogP contribution >= 0.6 is 22.9 Å². The van der Waals surface area contributed by atoms with Gasteiger partial charge in [0.2, 0.25) is 5.91 Å². The van der Waals surface area contributed by atoms with E-state index in [-0.39, 0.29) is 17.9 Å². The number of non-ortho nitro benzene ring substituents is 1. The molecule has 1 N–H and O–H groups in total. The first-order chi connectivity index (χ1) is 14.9. The Kier molecular flexibility index (Phi) is 7.17. The molecule has 0 bridgehead atoms. The summed E-state index contributed by atoms with van der Waals surface area (Å²) in [6.07, 6.45) is 2.70. The van der Waals surface area contributed by atoms with Gasteiger partial charge in [-0.3, -0.25) is 14.9 Å². The zero-order valence-corrected chi connectivity index (χ0v) is 17.9. The number of nitro groups is 1. The van der Waals surface area contributed by atoms with Gasteiger partial charge < -0.3 is 10.1 Å². The zero-order valence-electron chi connectivity index (χ0n) is 16.3. The number of nitro benzene ring substituents is 1. The second-order valence-electron chi connectivity index (χ2n) is 6.26. The van der Waals surface area contributed by atoms with E-state index in [4.69, 9.17) is 16.3 Å². The molecule has 3 aromatic rings. The van der Waals surface area contributed by atoms with Gasteiger partial charge >= 0.3 is 5.97 Å². The van der Waals surface area contributed by atoms with Gasteiger partial charge in [-0.15, -0.1) is 11.3 Å². The maximum atomic E-state index is 12.6. The normalized spacial score (nSPS) is 10.8. The predicted molar refractivity (Wildman–Crippen MR) is 121 cm³/mol. The van der Waals surface area contributed by atoms with Crippen LogP contribution in [0.4, 0.5) is 10.7 Å². The largest absolute Gasteiger partial charge is 0.462 e. The molecule has 0 saturated heterocycles. The van der Waals surface area contributed by atoms with Crippen LogP contribution in [0.25, 0.3) is 17.2 Å². The number of ether oxygens (including phenoxy) is 1. The maximum absolute atomic E-state index is 12.6. The van der Waals surface area contributed by atoms with Crippen molar-refractivity contribution in [3.05, 3.63) is 86.3 Å². The van der Waals surface area contributed by atoms with Gasteiger partial charge in [0.1, 0.15) is 10.6 Å². The van der Waals surface area contributed by atoms with Crippen LogP contribution in [0.5, 0.6) is 0 Å². The minimum absolute atomic E-state index is 0.0713. The molecule has 9 heteroatoms. The summed E-state index contributed by atoms with van der Waals surface area (Å²) in [5.41, 5.74) is 2.07. The lowest BCUT2D eigenvalue weighted by Crippen LogP contribution is -2.12. The molecule has 3 rings (SSSR count). The van der Waals surface area contributed by atoms with Crippen molar-refractivity contribution in [3.8, 4) is 11.1 Å². The third-order valence-electron chi connectivity index (χ3n) is 4.17. The van der Waals surface area contributed by atoms with Crippen LogP contribution in [-0.2, 0) is 9.53 Å². The summed E-state index contributed by atoms with van der Waals surface area (Å²) in [6, 6.07) is 12.9. The fraction of sp³-hybridized carbons (Fsp3) is 0.0909. The third kappa shape index (κ3) is 5.56. The van der Waals surface area contributed by atoms with Crippen molar-refractivity contribution in [2.75, 3.05) is 11.9 Å². The molecule has 31 heavy (non-hydrogen) atoms. The van der Waals surface area contributed by atoms with E-state index in [1.54, 1.807) is 42.6 Å². The van der Waals surface area contributed by atoms with Gasteiger partial charge in [-0.1, -0.05) is 35.9 Å². The van der Waals surface area contributed by atoms with E-state index in [1.165, 1.54) is 41.7 Å². The fourth-order valence-electron chi connectivity index (χ4n) is 2.77. The molecule has 1 amide bonds. The van der Waals surface area contributed by atoms with Crippen molar-refractivity contribution in [2.45, 2.75) is 6.92 Å². The average molecular weight is 457 g/mol. The van der Waals surface area contributed by atoms with Crippen molar-refractivity contribution < 1.29 is 19.2 Å². The molecule has 0 aliphatic heterocycles. The van der Waals surface area contributed by atoms with Crippen molar-refractivity contribution in [1.29, 1.82) is 0 Å². The van der Waals surface area contributed by atoms with Crippen LogP contribution < -0.4 is 5.32 Å². The number of amides is 1. The number of anilines is 1. The summed E-state index contributed by atoms with van der Waals surface area (Å²) in [7, 11) is 0. The van der Waals surface area contributed by atoms with Gasteiger partial charge in [-0.25, -0.2) is 4.79 Å². The Morgan fingerprint density at radius 2 is 1.97 bits per heavy atom. The molecule has 7 nitrogen and oxygen atoms in total. The Balaban J connectivity index is 1.85. The Labute approximate surface area is 187 Å². The van der Waals surface area contributed by atoms with E-state index in [0.717, 1.165) is 5.56 Å². The first kappa shape index (κ1) is 22.2. The second-order valence-corrected chi connectivity index (χ2v) is 7.57. The van der Waals surface area contributed by atoms with Crippen molar-refractivity contribution in [2.24, 2.45) is 0 Å². The van der Waals surface area contributed by atoms with Gasteiger partial charge in [-0.2, -0.15) is 0 Å². The Bertz CT molecular complexity index is 1150. The molecule has 0 radical (unpaired) electrons. The summed E-state index contributed by atoms with van der Waals surface area (Å²) < 4.78 is 5.17. The van der Waals surface area contributed by atoms with Gasteiger partial charge in [0, 0.05) is 34.2 Å². The number of nitrogens with zero attached hydrogens (tertiary/aromatic N) is 1. The molecule has 0 fully saturated rings. The molecule has 0 spiro atoms. The van der Waals surface area contributed by atoms with E-state index in [9.17, 15) is 19.7 Å². The number of halogens is 1. The van der Waals surface area contributed by atoms with E-state index in [1.807, 2.05) is 0 Å². The first-order valence-corrected chi connectivity index (χ1v) is 10.4. The molecule has 0 saturated carbocycles. The highest BCUT2D eigenvalue weighted by molar-refractivity contribution is 7.15. The standard InChI is InChI=1S/C22H17ClN2O5S/c1-2-30-22(27)20-18(15-7-9-16(23)10-8-15)13-31-21(20)24-19(26)11-6-14-4-3-5-17(12-14)25(28)29/h3-13H,2H2,1H3,(H,24,26)/b11-6+. The van der Waals surface area contributed by atoms with Crippen LogP contribution in [0, 0.1) is 10.1 Å². The minimum atomic E-state index is -0.549. The number of hydrogen-bond acceptors (Lipinski definition) is 6. The monoisotopic (exact) mass is 456 g/mol. The Hall–Kier alpha value is -3.49. The number of carbonyl (C=O) groups excluding carboxylic acids is 2.